The van der Waals surface area contributed by atoms with Gasteiger partial charge in [-0.05, 0) is 72.3 Å². The maximum absolute atomic E-state index is 13.5. The zero-order chi connectivity index (χ0) is 18.4. The van der Waals surface area contributed by atoms with Gasteiger partial charge in [-0.2, -0.15) is 0 Å². The Balaban J connectivity index is 1.42. The molecule has 0 bridgehead atoms. The Labute approximate surface area is 164 Å². The number of hydrogen-bond donors (Lipinski definition) is 1. The quantitative estimate of drug-likeness (QED) is 0.812. The number of benzene rings is 2. The molecule has 0 radical (unpaired) electrons. The van der Waals surface area contributed by atoms with Crippen molar-refractivity contribution in [3.63, 3.8) is 0 Å². The number of aryl methyl sites for hydroxylation is 2. The average Bonchev–Trinajstić information content (AvgIpc) is 3.05. The van der Waals surface area contributed by atoms with E-state index in [-0.39, 0.29) is 5.82 Å². The van der Waals surface area contributed by atoms with Crippen LogP contribution in [0.15, 0.2) is 47.4 Å². The summed E-state index contributed by atoms with van der Waals surface area (Å²) in [6, 6.07) is 11.5. The molecule has 0 saturated heterocycles. The Kier molecular flexibility index (Phi) is 4.38. The van der Waals surface area contributed by atoms with Gasteiger partial charge in [0.05, 0.1) is 0 Å². The molecule has 1 aliphatic carbocycles. The molecule has 2 aromatic carbocycles. The van der Waals surface area contributed by atoms with Crippen LogP contribution in [-0.4, -0.2) is 28.8 Å². The van der Waals surface area contributed by atoms with E-state index in [4.69, 9.17) is 0 Å². The van der Waals surface area contributed by atoms with Crippen molar-refractivity contribution in [3.05, 3.63) is 70.5 Å². The van der Waals surface area contributed by atoms with Gasteiger partial charge >= 0.3 is 0 Å². The molecule has 0 aromatic heterocycles. The summed E-state index contributed by atoms with van der Waals surface area (Å²) < 4.78 is 13.5. The fourth-order valence-corrected chi connectivity index (χ4v) is 6.03. The van der Waals surface area contributed by atoms with Crippen molar-refractivity contribution in [2.75, 3.05) is 18.8 Å². The third-order valence-electron chi connectivity index (χ3n) is 6.25. The fourth-order valence-electron chi connectivity index (χ4n) is 4.82. The van der Waals surface area contributed by atoms with E-state index in [0.29, 0.717) is 6.42 Å². The third-order valence-corrected chi connectivity index (χ3v) is 7.52. The first-order valence-electron chi connectivity index (χ1n) is 9.85. The third kappa shape index (κ3) is 2.95. The highest BCUT2D eigenvalue weighted by Gasteiger charge is 2.42. The van der Waals surface area contributed by atoms with Crippen molar-refractivity contribution in [2.45, 2.75) is 42.7 Å². The molecular formula is C23H24FNOS. The zero-order valence-corrected chi connectivity index (χ0v) is 16.2. The van der Waals surface area contributed by atoms with Crippen LogP contribution >= 0.6 is 11.8 Å². The van der Waals surface area contributed by atoms with E-state index in [1.165, 1.54) is 46.3 Å². The van der Waals surface area contributed by atoms with Crippen LogP contribution in [0, 0.1) is 5.82 Å². The standard InChI is InChI=1S/C23H24FNOS/c24-19-6-7-21-18(15-19)8-11-23(21,26)25-12-9-16(10-13-25)20-5-1-3-17-4-2-14-27-22(17)20/h1,3,5-7,9,15,26H,2,4,8,10-14H2. The van der Waals surface area contributed by atoms with Gasteiger partial charge in [-0.3, -0.25) is 4.90 Å². The van der Waals surface area contributed by atoms with E-state index in [9.17, 15) is 9.50 Å². The lowest BCUT2D eigenvalue weighted by Gasteiger charge is -2.39. The summed E-state index contributed by atoms with van der Waals surface area (Å²) in [6.07, 6.45) is 7.05. The van der Waals surface area contributed by atoms with Gasteiger partial charge in [0.1, 0.15) is 11.5 Å². The van der Waals surface area contributed by atoms with E-state index in [0.717, 1.165) is 37.1 Å². The fraction of sp³-hybridized carbons (Fsp3) is 0.391. The minimum atomic E-state index is -0.962. The number of thioether (sulfide) groups is 1. The molecule has 0 saturated carbocycles. The number of aliphatic hydroxyl groups is 1. The number of nitrogens with zero attached hydrogens (tertiary/aromatic N) is 1. The van der Waals surface area contributed by atoms with Crippen LogP contribution in [0.5, 0.6) is 0 Å². The molecule has 2 aliphatic heterocycles. The number of rotatable bonds is 2. The predicted octanol–water partition coefficient (Wildman–Crippen LogP) is 4.74. The second-order valence-corrected chi connectivity index (χ2v) is 8.89. The van der Waals surface area contributed by atoms with Crippen LogP contribution in [0.4, 0.5) is 4.39 Å². The van der Waals surface area contributed by atoms with Crippen LogP contribution in [0.3, 0.4) is 0 Å². The molecule has 0 spiro atoms. The lowest BCUT2D eigenvalue weighted by atomic mass is 9.94. The molecule has 1 unspecified atom stereocenters. The minimum absolute atomic E-state index is 0.217. The van der Waals surface area contributed by atoms with Gasteiger partial charge in [-0.15, -0.1) is 11.8 Å². The van der Waals surface area contributed by atoms with Crippen molar-refractivity contribution in [2.24, 2.45) is 0 Å². The Morgan fingerprint density at radius 3 is 2.85 bits per heavy atom. The molecule has 0 amide bonds. The SMILES string of the molecule is OC1(N2CC=C(c3cccc4c3SCCC4)CC2)CCc2cc(F)ccc21. The number of hydrogen-bond acceptors (Lipinski definition) is 3. The Morgan fingerprint density at radius 2 is 2.00 bits per heavy atom. The van der Waals surface area contributed by atoms with E-state index >= 15 is 0 Å². The van der Waals surface area contributed by atoms with Gasteiger partial charge < -0.3 is 5.11 Å². The van der Waals surface area contributed by atoms with E-state index in [1.54, 1.807) is 12.1 Å². The maximum Gasteiger partial charge on any atom is 0.145 e. The van der Waals surface area contributed by atoms with Crippen molar-refractivity contribution in [3.8, 4) is 0 Å². The first-order chi connectivity index (χ1) is 13.1. The van der Waals surface area contributed by atoms with Crippen molar-refractivity contribution >= 4 is 17.3 Å². The Morgan fingerprint density at radius 1 is 1.07 bits per heavy atom. The Bertz CT molecular complexity index is 925. The lowest BCUT2D eigenvalue weighted by molar-refractivity contribution is -0.109. The summed E-state index contributed by atoms with van der Waals surface area (Å²) >= 11 is 1.99. The van der Waals surface area contributed by atoms with Crippen molar-refractivity contribution in [1.29, 1.82) is 0 Å². The van der Waals surface area contributed by atoms with Gasteiger partial charge in [0, 0.05) is 23.5 Å². The first-order valence-corrected chi connectivity index (χ1v) is 10.8. The number of fused-ring (bicyclic) bond motifs is 2. The molecule has 5 rings (SSSR count). The van der Waals surface area contributed by atoms with Gasteiger partial charge in [0.25, 0.3) is 0 Å². The second-order valence-electron chi connectivity index (χ2n) is 7.79. The summed E-state index contributed by atoms with van der Waals surface area (Å²) in [4.78, 5) is 3.62. The monoisotopic (exact) mass is 381 g/mol. The van der Waals surface area contributed by atoms with Crippen molar-refractivity contribution in [1.82, 2.24) is 4.90 Å². The molecule has 2 nitrogen and oxygen atoms in total. The van der Waals surface area contributed by atoms with Gasteiger partial charge in [0.15, 0.2) is 0 Å². The number of halogens is 1. The summed E-state index contributed by atoms with van der Waals surface area (Å²) in [5, 5.41) is 11.4. The van der Waals surface area contributed by atoms with E-state index in [1.807, 2.05) is 11.8 Å². The van der Waals surface area contributed by atoms with Gasteiger partial charge in [-0.25, -0.2) is 4.39 Å². The van der Waals surface area contributed by atoms with Crippen LogP contribution < -0.4 is 0 Å². The van der Waals surface area contributed by atoms with Crippen LogP contribution in [0.1, 0.15) is 41.5 Å². The van der Waals surface area contributed by atoms with E-state index in [2.05, 4.69) is 29.2 Å². The summed E-state index contributed by atoms with van der Waals surface area (Å²) in [6.45, 7) is 1.56. The van der Waals surface area contributed by atoms with Crippen LogP contribution in [-0.2, 0) is 18.6 Å². The molecule has 140 valence electrons. The van der Waals surface area contributed by atoms with Crippen LogP contribution in [0.2, 0.25) is 0 Å². The zero-order valence-electron chi connectivity index (χ0n) is 15.4. The first kappa shape index (κ1) is 17.5. The maximum atomic E-state index is 13.5. The highest BCUT2D eigenvalue weighted by Crippen LogP contribution is 2.43. The molecule has 0 fully saturated rings. The largest absolute Gasteiger partial charge is 0.371 e. The molecule has 2 heterocycles. The molecule has 1 atom stereocenters. The van der Waals surface area contributed by atoms with E-state index < -0.39 is 5.72 Å². The summed E-state index contributed by atoms with van der Waals surface area (Å²) in [7, 11) is 0. The highest BCUT2D eigenvalue weighted by molar-refractivity contribution is 7.99. The second kappa shape index (κ2) is 6.77. The van der Waals surface area contributed by atoms with Gasteiger partial charge in [0.2, 0.25) is 0 Å². The lowest BCUT2D eigenvalue weighted by Crippen LogP contribution is -2.46. The molecule has 3 aliphatic rings. The molecular weight excluding hydrogens is 357 g/mol. The topological polar surface area (TPSA) is 23.5 Å². The summed E-state index contributed by atoms with van der Waals surface area (Å²) in [5.74, 6) is 0.987. The smallest absolute Gasteiger partial charge is 0.145 e. The Hall–Kier alpha value is -1.62. The highest BCUT2D eigenvalue weighted by atomic mass is 32.2. The predicted molar refractivity (Wildman–Crippen MR) is 108 cm³/mol. The average molecular weight is 382 g/mol. The van der Waals surface area contributed by atoms with Crippen LogP contribution in [0.25, 0.3) is 5.57 Å². The normalized spacial score (nSPS) is 25.0. The molecule has 4 heteroatoms. The summed E-state index contributed by atoms with van der Waals surface area (Å²) in [5.41, 5.74) is 5.14. The minimum Gasteiger partial charge on any atom is -0.371 e. The van der Waals surface area contributed by atoms with Crippen molar-refractivity contribution < 1.29 is 9.50 Å². The molecule has 2 aromatic rings. The molecule has 1 N–H and O–H groups in total. The molecule has 27 heavy (non-hydrogen) atoms. The van der Waals surface area contributed by atoms with Gasteiger partial charge in [-0.1, -0.05) is 30.3 Å².